The van der Waals surface area contributed by atoms with E-state index in [0.29, 0.717) is 10.9 Å². The number of ether oxygens (including phenoxy) is 1. The number of aliphatic hydroxyl groups excluding tert-OH is 1. The van der Waals surface area contributed by atoms with Gasteiger partial charge >= 0.3 is 0 Å². The Morgan fingerprint density at radius 1 is 1.38 bits per heavy atom. The monoisotopic (exact) mass is 242 g/mol. The van der Waals surface area contributed by atoms with Gasteiger partial charge in [0.25, 0.3) is 0 Å². The Morgan fingerprint density at radius 3 is 2.56 bits per heavy atom. The highest BCUT2D eigenvalue weighted by Gasteiger charge is 2.19. The quantitative estimate of drug-likeness (QED) is 0.857. The van der Waals surface area contributed by atoms with Crippen molar-refractivity contribution in [3.8, 4) is 5.75 Å². The van der Waals surface area contributed by atoms with Gasteiger partial charge in [-0.25, -0.2) is 0 Å². The molecule has 0 aliphatic rings. The second kappa shape index (κ2) is 6.12. The fraction of sp³-hybridized carbons (Fsp3) is 0.538. The molecule has 0 aliphatic heterocycles. The lowest BCUT2D eigenvalue weighted by atomic mass is 9.85. The molecule has 1 atom stereocenters. The molecule has 0 aliphatic carbocycles. The molecule has 1 unspecified atom stereocenters. The second-order valence-corrected chi connectivity index (χ2v) is 4.69. The molecule has 1 rings (SSSR count). The summed E-state index contributed by atoms with van der Waals surface area (Å²) in [6.07, 6.45) is 0.731. The molecular formula is C13H19ClO2. The summed E-state index contributed by atoms with van der Waals surface area (Å²) >= 11 is 6.00. The van der Waals surface area contributed by atoms with Crippen LogP contribution in [-0.4, -0.2) is 18.8 Å². The van der Waals surface area contributed by atoms with Crippen molar-refractivity contribution in [1.29, 1.82) is 0 Å². The van der Waals surface area contributed by atoms with Crippen LogP contribution in [0.5, 0.6) is 5.75 Å². The van der Waals surface area contributed by atoms with E-state index in [1.165, 1.54) is 0 Å². The van der Waals surface area contributed by atoms with Gasteiger partial charge in [-0.2, -0.15) is 0 Å². The summed E-state index contributed by atoms with van der Waals surface area (Å²) < 4.78 is 5.34. The molecule has 0 amide bonds. The molecule has 3 heteroatoms. The third-order valence-electron chi connectivity index (χ3n) is 2.84. The number of hydrogen-bond acceptors (Lipinski definition) is 2. The molecule has 90 valence electrons. The molecule has 0 bridgehead atoms. The van der Waals surface area contributed by atoms with Crippen molar-refractivity contribution in [3.63, 3.8) is 0 Å². The van der Waals surface area contributed by atoms with E-state index in [0.717, 1.165) is 17.7 Å². The van der Waals surface area contributed by atoms with Gasteiger partial charge in [-0.15, -0.1) is 0 Å². The van der Waals surface area contributed by atoms with E-state index in [-0.39, 0.29) is 12.5 Å². The Labute approximate surface area is 102 Å². The fourth-order valence-corrected chi connectivity index (χ4v) is 2.16. The molecule has 0 spiro atoms. The lowest BCUT2D eigenvalue weighted by Gasteiger charge is -2.22. The number of hydrogen-bond donors (Lipinski definition) is 1. The lowest BCUT2D eigenvalue weighted by Crippen LogP contribution is -2.10. The van der Waals surface area contributed by atoms with Gasteiger partial charge in [0.05, 0.1) is 7.11 Å². The first kappa shape index (κ1) is 13.3. The number of halogens is 1. The summed E-state index contributed by atoms with van der Waals surface area (Å²) in [5, 5.41) is 9.81. The van der Waals surface area contributed by atoms with E-state index in [1.807, 2.05) is 18.2 Å². The number of rotatable bonds is 5. The highest BCUT2D eigenvalue weighted by Crippen LogP contribution is 2.35. The van der Waals surface area contributed by atoms with Crippen LogP contribution in [0.1, 0.15) is 31.7 Å². The SMILES string of the molecule is COc1ccc(Cl)cc1C(CCO)C(C)C. The summed E-state index contributed by atoms with van der Waals surface area (Å²) in [5.74, 6) is 1.56. The van der Waals surface area contributed by atoms with Gasteiger partial charge in [0.15, 0.2) is 0 Å². The average Bonchev–Trinajstić information content (AvgIpc) is 2.25. The highest BCUT2D eigenvalue weighted by molar-refractivity contribution is 6.30. The molecule has 0 fully saturated rings. The zero-order valence-corrected chi connectivity index (χ0v) is 10.8. The van der Waals surface area contributed by atoms with Crippen LogP contribution in [0.3, 0.4) is 0 Å². The molecule has 1 aromatic carbocycles. The Morgan fingerprint density at radius 2 is 2.06 bits per heavy atom. The van der Waals surface area contributed by atoms with Crippen molar-refractivity contribution in [1.82, 2.24) is 0 Å². The Kier molecular flexibility index (Phi) is 5.10. The summed E-state index contributed by atoms with van der Waals surface area (Å²) in [6.45, 7) is 4.46. The van der Waals surface area contributed by atoms with Crippen LogP contribution in [0.15, 0.2) is 18.2 Å². The van der Waals surface area contributed by atoms with E-state index < -0.39 is 0 Å². The standard InChI is InChI=1S/C13H19ClO2/c1-9(2)11(6-7-15)12-8-10(14)4-5-13(12)16-3/h4-5,8-9,11,15H,6-7H2,1-3H3. The van der Waals surface area contributed by atoms with Gasteiger partial charge in [0.2, 0.25) is 0 Å². The largest absolute Gasteiger partial charge is 0.496 e. The highest BCUT2D eigenvalue weighted by atomic mass is 35.5. The molecule has 0 saturated heterocycles. The molecule has 0 radical (unpaired) electrons. The maximum atomic E-state index is 9.11. The number of aliphatic hydroxyl groups is 1. The normalized spacial score (nSPS) is 12.9. The van der Waals surface area contributed by atoms with Gasteiger partial charge in [0.1, 0.15) is 5.75 Å². The zero-order valence-electron chi connectivity index (χ0n) is 10.0. The van der Waals surface area contributed by atoms with Gasteiger partial charge in [-0.3, -0.25) is 0 Å². The van der Waals surface area contributed by atoms with Crippen LogP contribution in [0.4, 0.5) is 0 Å². The summed E-state index contributed by atoms with van der Waals surface area (Å²) in [6, 6.07) is 5.63. The first-order chi connectivity index (χ1) is 7.60. The predicted molar refractivity (Wildman–Crippen MR) is 67.3 cm³/mol. The van der Waals surface area contributed by atoms with Crippen molar-refractivity contribution in [2.45, 2.75) is 26.2 Å². The number of benzene rings is 1. The Hall–Kier alpha value is -0.730. The second-order valence-electron chi connectivity index (χ2n) is 4.25. The van der Waals surface area contributed by atoms with Crippen LogP contribution in [0, 0.1) is 5.92 Å². The molecule has 16 heavy (non-hydrogen) atoms. The third-order valence-corrected chi connectivity index (χ3v) is 3.07. The molecule has 0 aromatic heterocycles. The molecule has 2 nitrogen and oxygen atoms in total. The van der Waals surface area contributed by atoms with Crippen molar-refractivity contribution in [2.24, 2.45) is 5.92 Å². The zero-order chi connectivity index (χ0) is 12.1. The predicted octanol–water partition coefficient (Wildman–Crippen LogP) is 3.47. The molecule has 0 heterocycles. The van der Waals surface area contributed by atoms with E-state index >= 15 is 0 Å². The minimum Gasteiger partial charge on any atom is -0.496 e. The van der Waals surface area contributed by atoms with Gasteiger partial charge < -0.3 is 9.84 Å². The van der Waals surface area contributed by atoms with Crippen LogP contribution in [-0.2, 0) is 0 Å². The van der Waals surface area contributed by atoms with E-state index in [9.17, 15) is 0 Å². The van der Waals surface area contributed by atoms with Gasteiger partial charge in [-0.1, -0.05) is 25.4 Å². The van der Waals surface area contributed by atoms with Crippen LogP contribution >= 0.6 is 11.6 Å². The summed E-state index contributed by atoms with van der Waals surface area (Å²) in [4.78, 5) is 0. The third kappa shape index (κ3) is 3.13. The smallest absolute Gasteiger partial charge is 0.122 e. The van der Waals surface area contributed by atoms with Gasteiger partial charge in [0, 0.05) is 11.6 Å². The summed E-state index contributed by atoms with van der Waals surface area (Å²) in [7, 11) is 1.66. The van der Waals surface area contributed by atoms with E-state index in [2.05, 4.69) is 13.8 Å². The lowest BCUT2D eigenvalue weighted by molar-refractivity contribution is 0.259. The Bertz CT molecular complexity index is 337. The maximum Gasteiger partial charge on any atom is 0.122 e. The fourth-order valence-electron chi connectivity index (χ4n) is 1.98. The van der Waals surface area contributed by atoms with E-state index in [4.69, 9.17) is 21.4 Å². The van der Waals surface area contributed by atoms with Crippen molar-refractivity contribution >= 4 is 11.6 Å². The minimum atomic E-state index is 0.179. The van der Waals surface area contributed by atoms with Crippen LogP contribution in [0.25, 0.3) is 0 Å². The molecule has 0 saturated carbocycles. The maximum absolute atomic E-state index is 9.11. The van der Waals surface area contributed by atoms with Crippen molar-refractivity contribution in [2.75, 3.05) is 13.7 Å². The topological polar surface area (TPSA) is 29.5 Å². The minimum absolute atomic E-state index is 0.179. The molecule has 1 N–H and O–H groups in total. The van der Waals surface area contributed by atoms with E-state index in [1.54, 1.807) is 7.11 Å². The Balaban J connectivity index is 3.10. The first-order valence-corrected chi connectivity index (χ1v) is 5.92. The van der Waals surface area contributed by atoms with Gasteiger partial charge in [-0.05, 0) is 42.0 Å². The number of methoxy groups -OCH3 is 1. The first-order valence-electron chi connectivity index (χ1n) is 5.54. The summed E-state index contributed by atoms with van der Waals surface area (Å²) in [5.41, 5.74) is 1.08. The average molecular weight is 243 g/mol. The molecular weight excluding hydrogens is 224 g/mol. The van der Waals surface area contributed by atoms with Crippen molar-refractivity contribution < 1.29 is 9.84 Å². The molecule has 1 aromatic rings. The van der Waals surface area contributed by atoms with Crippen LogP contribution in [0.2, 0.25) is 5.02 Å². The van der Waals surface area contributed by atoms with Crippen molar-refractivity contribution in [3.05, 3.63) is 28.8 Å². The van der Waals surface area contributed by atoms with Crippen LogP contribution < -0.4 is 4.74 Å².